The van der Waals surface area contributed by atoms with Crippen LogP contribution < -0.4 is 10.2 Å². The Morgan fingerprint density at radius 3 is 2.33 bits per heavy atom. The van der Waals surface area contributed by atoms with Crippen LogP contribution in [0.3, 0.4) is 0 Å². The molecule has 7 nitrogen and oxygen atoms in total. The topological polar surface area (TPSA) is 92.8 Å². The number of fused-ring (bicyclic) bond motifs is 1. The van der Waals surface area contributed by atoms with Gasteiger partial charge in [-0.1, -0.05) is 24.3 Å². The molecule has 0 unspecified atom stereocenters. The van der Waals surface area contributed by atoms with Crippen molar-refractivity contribution >= 4 is 35.1 Å². The molecular weight excluding hydrogens is 477 g/mol. The van der Waals surface area contributed by atoms with Gasteiger partial charge in [0.2, 0.25) is 0 Å². The van der Waals surface area contributed by atoms with Crippen molar-refractivity contribution in [2.24, 2.45) is 0 Å². The van der Waals surface area contributed by atoms with Crippen molar-refractivity contribution in [1.82, 2.24) is 0 Å². The SMILES string of the molecule is Cc1cccc(N2C(=O)c3ccc(C(=O)OCC(=O)Nc4ccccc4C(F)(F)F)cc3C2=O)c1C. The fourth-order valence-electron chi connectivity index (χ4n) is 3.80. The number of esters is 1. The summed E-state index contributed by atoms with van der Waals surface area (Å²) in [5.41, 5.74) is 0.577. The standard InChI is InChI=1S/C26H19F3N2O5/c1-14-6-5-9-21(15(14)2)31-23(33)17-11-10-16(12-18(17)24(31)34)25(35)36-13-22(32)30-20-8-4-3-7-19(20)26(27,28)29/h3-12H,13H2,1-2H3,(H,30,32). The molecule has 4 rings (SSSR count). The van der Waals surface area contributed by atoms with E-state index in [9.17, 15) is 32.3 Å². The second-order valence-corrected chi connectivity index (χ2v) is 8.09. The highest BCUT2D eigenvalue weighted by Crippen LogP contribution is 2.35. The number of rotatable bonds is 5. The molecule has 0 radical (unpaired) electrons. The smallest absolute Gasteiger partial charge is 0.418 e. The van der Waals surface area contributed by atoms with Gasteiger partial charge in [-0.3, -0.25) is 14.4 Å². The van der Waals surface area contributed by atoms with Crippen LogP contribution in [-0.4, -0.2) is 30.3 Å². The lowest BCUT2D eigenvalue weighted by Crippen LogP contribution is -2.30. The van der Waals surface area contributed by atoms with Gasteiger partial charge in [0.05, 0.1) is 33.6 Å². The maximum Gasteiger partial charge on any atom is 0.418 e. The predicted octanol–water partition coefficient (Wildman–Crippen LogP) is 4.92. The van der Waals surface area contributed by atoms with Crippen molar-refractivity contribution < 1.29 is 37.1 Å². The number of alkyl halides is 3. The van der Waals surface area contributed by atoms with Crippen molar-refractivity contribution in [3.8, 4) is 0 Å². The first-order chi connectivity index (χ1) is 17.0. The zero-order valence-electron chi connectivity index (χ0n) is 19.1. The quantitative estimate of drug-likeness (QED) is 0.400. The summed E-state index contributed by atoms with van der Waals surface area (Å²) in [6.07, 6.45) is -4.68. The number of halogens is 3. The number of hydrogen-bond acceptors (Lipinski definition) is 5. The van der Waals surface area contributed by atoms with Gasteiger partial charge in [-0.25, -0.2) is 9.69 Å². The first kappa shape index (κ1) is 24.6. The first-order valence-electron chi connectivity index (χ1n) is 10.7. The molecule has 0 atom stereocenters. The normalized spacial score (nSPS) is 13.0. The summed E-state index contributed by atoms with van der Waals surface area (Å²) in [5.74, 6) is -3.11. The van der Waals surface area contributed by atoms with Gasteiger partial charge >= 0.3 is 12.1 Å². The van der Waals surface area contributed by atoms with E-state index >= 15 is 0 Å². The van der Waals surface area contributed by atoms with E-state index in [0.29, 0.717) is 5.69 Å². The van der Waals surface area contributed by atoms with Crippen LogP contribution in [0.1, 0.15) is 47.8 Å². The van der Waals surface area contributed by atoms with E-state index in [2.05, 4.69) is 5.32 Å². The van der Waals surface area contributed by atoms with E-state index in [1.165, 1.54) is 30.3 Å². The van der Waals surface area contributed by atoms with E-state index in [0.717, 1.165) is 28.2 Å². The van der Waals surface area contributed by atoms with Crippen LogP contribution in [0.4, 0.5) is 24.5 Å². The minimum atomic E-state index is -4.68. The molecule has 1 N–H and O–H groups in total. The summed E-state index contributed by atoms with van der Waals surface area (Å²) in [7, 11) is 0. The Morgan fingerprint density at radius 1 is 0.917 bits per heavy atom. The second-order valence-electron chi connectivity index (χ2n) is 8.09. The van der Waals surface area contributed by atoms with Gasteiger partial charge in [0, 0.05) is 0 Å². The van der Waals surface area contributed by atoms with Gasteiger partial charge < -0.3 is 10.1 Å². The van der Waals surface area contributed by atoms with Crippen LogP contribution in [0.25, 0.3) is 0 Å². The van der Waals surface area contributed by atoms with Gasteiger partial charge in [0.1, 0.15) is 0 Å². The lowest BCUT2D eigenvalue weighted by Gasteiger charge is -2.17. The molecule has 0 bridgehead atoms. The second kappa shape index (κ2) is 9.29. The minimum absolute atomic E-state index is 0.00101. The summed E-state index contributed by atoms with van der Waals surface area (Å²) in [4.78, 5) is 51.5. The number of nitrogens with one attached hydrogen (secondary N) is 1. The minimum Gasteiger partial charge on any atom is -0.452 e. The highest BCUT2D eigenvalue weighted by Gasteiger charge is 2.38. The number of carbonyl (C=O) groups is 4. The Kier molecular flexibility index (Phi) is 6.36. The Hall–Kier alpha value is -4.47. The Bertz CT molecular complexity index is 1410. The third-order valence-corrected chi connectivity index (χ3v) is 5.78. The van der Waals surface area contributed by atoms with Gasteiger partial charge in [-0.15, -0.1) is 0 Å². The largest absolute Gasteiger partial charge is 0.452 e. The molecule has 1 heterocycles. The average Bonchev–Trinajstić information content (AvgIpc) is 3.08. The number of para-hydroxylation sites is 1. The number of nitrogens with zero attached hydrogens (tertiary/aromatic N) is 1. The molecular formula is C26H19F3N2O5. The van der Waals surface area contributed by atoms with Crippen molar-refractivity contribution in [2.45, 2.75) is 20.0 Å². The number of anilines is 2. The van der Waals surface area contributed by atoms with E-state index < -0.39 is 47.7 Å². The van der Waals surface area contributed by atoms with Crippen molar-refractivity contribution in [3.63, 3.8) is 0 Å². The van der Waals surface area contributed by atoms with E-state index in [1.54, 1.807) is 19.1 Å². The lowest BCUT2D eigenvalue weighted by atomic mass is 10.1. The Labute approximate surface area is 203 Å². The lowest BCUT2D eigenvalue weighted by molar-refractivity contribution is -0.137. The summed E-state index contributed by atoms with van der Waals surface area (Å²) < 4.78 is 44.2. The molecule has 0 saturated heterocycles. The molecule has 1 aliphatic heterocycles. The maximum atomic E-state index is 13.1. The van der Waals surface area contributed by atoms with E-state index in [-0.39, 0.29) is 16.7 Å². The van der Waals surface area contributed by atoms with Gasteiger partial charge in [-0.05, 0) is 61.4 Å². The van der Waals surface area contributed by atoms with E-state index in [1.807, 2.05) is 13.0 Å². The highest BCUT2D eigenvalue weighted by molar-refractivity contribution is 6.35. The molecule has 184 valence electrons. The summed E-state index contributed by atoms with van der Waals surface area (Å²) in [6, 6.07) is 13.4. The highest BCUT2D eigenvalue weighted by atomic mass is 19.4. The number of amides is 3. The van der Waals surface area contributed by atoms with Crippen molar-refractivity contribution in [2.75, 3.05) is 16.8 Å². The van der Waals surface area contributed by atoms with Crippen LogP contribution in [0.5, 0.6) is 0 Å². The van der Waals surface area contributed by atoms with Crippen LogP contribution >= 0.6 is 0 Å². The van der Waals surface area contributed by atoms with Crippen LogP contribution in [0.2, 0.25) is 0 Å². The molecule has 10 heteroatoms. The molecule has 3 amide bonds. The first-order valence-corrected chi connectivity index (χ1v) is 10.7. The molecule has 0 saturated carbocycles. The van der Waals surface area contributed by atoms with Crippen molar-refractivity contribution in [3.05, 3.63) is 94.0 Å². The summed E-state index contributed by atoms with van der Waals surface area (Å²) >= 11 is 0. The molecule has 0 aromatic heterocycles. The Morgan fingerprint density at radius 2 is 1.61 bits per heavy atom. The van der Waals surface area contributed by atoms with E-state index in [4.69, 9.17) is 4.74 Å². The van der Waals surface area contributed by atoms with Gasteiger partial charge in [0.25, 0.3) is 17.7 Å². The molecule has 0 fully saturated rings. The maximum absolute atomic E-state index is 13.1. The van der Waals surface area contributed by atoms with Crippen molar-refractivity contribution in [1.29, 1.82) is 0 Å². The van der Waals surface area contributed by atoms with Gasteiger partial charge in [-0.2, -0.15) is 13.2 Å². The van der Waals surface area contributed by atoms with Crippen LogP contribution in [0.15, 0.2) is 60.7 Å². The molecule has 3 aromatic carbocycles. The fraction of sp³-hybridized carbons (Fsp3) is 0.154. The molecule has 0 aliphatic carbocycles. The fourth-order valence-corrected chi connectivity index (χ4v) is 3.80. The number of aryl methyl sites for hydroxylation is 1. The number of benzene rings is 3. The monoisotopic (exact) mass is 496 g/mol. The summed E-state index contributed by atoms with van der Waals surface area (Å²) in [6.45, 7) is 2.78. The number of carbonyl (C=O) groups excluding carboxylic acids is 4. The number of ether oxygens (including phenoxy) is 1. The third kappa shape index (κ3) is 4.57. The molecule has 3 aromatic rings. The zero-order valence-corrected chi connectivity index (χ0v) is 19.1. The number of imide groups is 1. The predicted molar refractivity (Wildman–Crippen MR) is 124 cm³/mol. The molecule has 36 heavy (non-hydrogen) atoms. The zero-order chi connectivity index (χ0) is 26.2. The van der Waals surface area contributed by atoms with Crippen LogP contribution in [0, 0.1) is 13.8 Å². The molecule has 0 spiro atoms. The molecule has 1 aliphatic rings. The Balaban J connectivity index is 1.47. The third-order valence-electron chi connectivity index (χ3n) is 5.78. The summed E-state index contributed by atoms with van der Waals surface area (Å²) in [5, 5.41) is 2.07. The number of hydrogen-bond donors (Lipinski definition) is 1. The van der Waals surface area contributed by atoms with Crippen LogP contribution in [-0.2, 0) is 15.7 Å². The van der Waals surface area contributed by atoms with Gasteiger partial charge in [0.15, 0.2) is 6.61 Å². The average molecular weight is 496 g/mol.